The summed E-state index contributed by atoms with van der Waals surface area (Å²) in [6.07, 6.45) is 0. The Labute approximate surface area is 76.9 Å². The van der Waals surface area contributed by atoms with E-state index in [0.717, 1.165) is 23.8 Å². The van der Waals surface area contributed by atoms with E-state index in [1.807, 2.05) is 12.1 Å². The van der Waals surface area contributed by atoms with Gasteiger partial charge >= 0.3 is 0 Å². The lowest BCUT2D eigenvalue weighted by molar-refractivity contribution is 1.04. The molecular formula is C9H11ClN2. The van der Waals surface area contributed by atoms with Crippen LogP contribution >= 0.6 is 11.6 Å². The molecule has 0 saturated heterocycles. The predicted molar refractivity (Wildman–Crippen MR) is 53.2 cm³/mol. The Morgan fingerprint density at radius 3 is 2.83 bits per heavy atom. The molecule has 0 spiro atoms. The van der Waals surface area contributed by atoms with Crippen LogP contribution in [0, 0.1) is 6.92 Å². The Morgan fingerprint density at radius 2 is 2.00 bits per heavy atom. The third-order valence-corrected chi connectivity index (χ3v) is 2.26. The lowest BCUT2D eigenvalue weighted by atomic mass is 10.1. The molecule has 0 atom stereocenters. The molecule has 2 rings (SSSR count). The largest absolute Gasteiger partial charge is 0.382 e. The van der Waals surface area contributed by atoms with Crippen LogP contribution in [0.25, 0.3) is 0 Å². The van der Waals surface area contributed by atoms with Gasteiger partial charge in [-0.05, 0) is 24.6 Å². The van der Waals surface area contributed by atoms with Gasteiger partial charge in [-0.25, -0.2) is 0 Å². The van der Waals surface area contributed by atoms with E-state index in [1.54, 1.807) is 0 Å². The zero-order valence-corrected chi connectivity index (χ0v) is 7.70. The summed E-state index contributed by atoms with van der Waals surface area (Å²) in [5, 5.41) is 7.43. The SMILES string of the molecule is Cc1cc(Cl)cc2c1NCCN2. The van der Waals surface area contributed by atoms with Gasteiger partial charge in [-0.2, -0.15) is 0 Å². The van der Waals surface area contributed by atoms with Gasteiger partial charge in [-0.3, -0.25) is 0 Å². The minimum Gasteiger partial charge on any atom is -0.382 e. The molecule has 0 bridgehead atoms. The molecule has 12 heavy (non-hydrogen) atoms. The molecule has 3 heteroatoms. The van der Waals surface area contributed by atoms with Crippen LogP contribution < -0.4 is 10.6 Å². The summed E-state index contributed by atoms with van der Waals surface area (Å²) in [7, 11) is 0. The van der Waals surface area contributed by atoms with E-state index in [1.165, 1.54) is 11.3 Å². The zero-order valence-electron chi connectivity index (χ0n) is 6.95. The summed E-state index contributed by atoms with van der Waals surface area (Å²) in [6.45, 7) is 4.01. The third-order valence-electron chi connectivity index (χ3n) is 2.04. The van der Waals surface area contributed by atoms with Gasteiger partial charge in [0.25, 0.3) is 0 Å². The van der Waals surface area contributed by atoms with Crippen molar-refractivity contribution in [2.24, 2.45) is 0 Å². The number of hydrogen-bond donors (Lipinski definition) is 2. The van der Waals surface area contributed by atoms with Gasteiger partial charge < -0.3 is 10.6 Å². The average Bonchev–Trinajstić information content (AvgIpc) is 2.04. The molecule has 0 fully saturated rings. The second kappa shape index (κ2) is 2.87. The van der Waals surface area contributed by atoms with Gasteiger partial charge in [0, 0.05) is 18.1 Å². The second-order valence-corrected chi connectivity index (χ2v) is 3.44. The summed E-state index contributed by atoms with van der Waals surface area (Å²) in [5.41, 5.74) is 3.50. The summed E-state index contributed by atoms with van der Waals surface area (Å²) < 4.78 is 0. The molecule has 1 aromatic carbocycles. The predicted octanol–water partition coefficient (Wildman–Crippen LogP) is 2.49. The van der Waals surface area contributed by atoms with Crippen LogP contribution in [0.4, 0.5) is 11.4 Å². The first-order valence-corrected chi connectivity index (χ1v) is 4.43. The minimum absolute atomic E-state index is 0.794. The Kier molecular flexibility index (Phi) is 1.85. The van der Waals surface area contributed by atoms with Crippen LogP contribution in [0.15, 0.2) is 12.1 Å². The number of benzene rings is 1. The Bertz CT molecular complexity index is 310. The van der Waals surface area contributed by atoms with E-state index < -0.39 is 0 Å². The zero-order chi connectivity index (χ0) is 8.55. The molecular weight excluding hydrogens is 172 g/mol. The second-order valence-electron chi connectivity index (χ2n) is 3.00. The maximum Gasteiger partial charge on any atom is 0.0607 e. The first-order valence-electron chi connectivity index (χ1n) is 4.05. The fraction of sp³-hybridized carbons (Fsp3) is 0.333. The molecule has 0 radical (unpaired) electrons. The highest BCUT2D eigenvalue weighted by Crippen LogP contribution is 2.31. The number of nitrogens with one attached hydrogen (secondary N) is 2. The average molecular weight is 183 g/mol. The minimum atomic E-state index is 0.794. The summed E-state index contributed by atoms with van der Waals surface area (Å²) in [4.78, 5) is 0. The van der Waals surface area contributed by atoms with Crippen LogP contribution in [-0.2, 0) is 0 Å². The van der Waals surface area contributed by atoms with Crippen molar-refractivity contribution in [2.75, 3.05) is 23.7 Å². The maximum atomic E-state index is 5.91. The van der Waals surface area contributed by atoms with Crippen LogP contribution in [-0.4, -0.2) is 13.1 Å². The molecule has 0 saturated carbocycles. The maximum absolute atomic E-state index is 5.91. The van der Waals surface area contributed by atoms with Crippen LogP contribution in [0.5, 0.6) is 0 Å². The van der Waals surface area contributed by atoms with E-state index in [2.05, 4.69) is 17.6 Å². The number of halogens is 1. The fourth-order valence-corrected chi connectivity index (χ4v) is 1.77. The van der Waals surface area contributed by atoms with Crippen LogP contribution in [0.3, 0.4) is 0 Å². The fourth-order valence-electron chi connectivity index (χ4n) is 1.50. The van der Waals surface area contributed by atoms with Crippen molar-refractivity contribution >= 4 is 23.0 Å². The van der Waals surface area contributed by atoms with E-state index >= 15 is 0 Å². The molecule has 64 valence electrons. The van der Waals surface area contributed by atoms with E-state index in [9.17, 15) is 0 Å². The number of hydrogen-bond acceptors (Lipinski definition) is 2. The standard InChI is InChI=1S/C9H11ClN2/c1-6-4-7(10)5-8-9(6)12-3-2-11-8/h4-5,11-12H,2-3H2,1H3. The van der Waals surface area contributed by atoms with Gasteiger partial charge in [0.2, 0.25) is 0 Å². The molecule has 1 aromatic rings. The monoisotopic (exact) mass is 182 g/mol. The summed E-state index contributed by atoms with van der Waals surface area (Å²) in [5.74, 6) is 0. The van der Waals surface area contributed by atoms with Gasteiger partial charge in [0.1, 0.15) is 0 Å². The first-order chi connectivity index (χ1) is 5.77. The Hall–Kier alpha value is -0.890. The highest BCUT2D eigenvalue weighted by atomic mass is 35.5. The highest BCUT2D eigenvalue weighted by molar-refractivity contribution is 6.31. The normalized spacial score (nSPS) is 14.5. The van der Waals surface area contributed by atoms with E-state index in [0.29, 0.717) is 0 Å². The molecule has 0 aromatic heterocycles. The Morgan fingerprint density at radius 1 is 1.25 bits per heavy atom. The van der Waals surface area contributed by atoms with Crippen LogP contribution in [0.2, 0.25) is 5.02 Å². The van der Waals surface area contributed by atoms with E-state index in [-0.39, 0.29) is 0 Å². The third kappa shape index (κ3) is 1.23. The van der Waals surface area contributed by atoms with Gasteiger partial charge in [0.05, 0.1) is 11.4 Å². The number of fused-ring (bicyclic) bond motifs is 1. The molecule has 0 aliphatic carbocycles. The number of rotatable bonds is 0. The van der Waals surface area contributed by atoms with Crippen molar-refractivity contribution in [3.05, 3.63) is 22.7 Å². The molecule has 1 aliphatic rings. The van der Waals surface area contributed by atoms with Crippen molar-refractivity contribution in [1.29, 1.82) is 0 Å². The number of aryl methyl sites for hydroxylation is 1. The molecule has 2 nitrogen and oxygen atoms in total. The van der Waals surface area contributed by atoms with Crippen molar-refractivity contribution in [3.8, 4) is 0 Å². The molecule has 2 N–H and O–H groups in total. The first kappa shape index (κ1) is 7.74. The molecule has 1 heterocycles. The molecule has 0 unspecified atom stereocenters. The summed E-state index contributed by atoms with van der Waals surface area (Å²) >= 11 is 5.91. The van der Waals surface area contributed by atoms with Gasteiger partial charge in [-0.1, -0.05) is 11.6 Å². The lowest BCUT2D eigenvalue weighted by Gasteiger charge is -2.21. The molecule has 0 amide bonds. The quantitative estimate of drug-likeness (QED) is 0.644. The smallest absolute Gasteiger partial charge is 0.0607 e. The van der Waals surface area contributed by atoms with Gasteiger partial charge in [-0.15, -0.1) is 0 Å². The van der Waals surface area contributed by atoms with Crippen molar-refractivity contribution < 1.29 is 0 Å². The summed E-state index contributed by atoms with van der Waals surface area (Å²) in [6, 6.07) is 3.93. The van der Waals surface area contributed by atoms with Crippen molar-refractivity contribution in [3.63, 3.8) is 0 Å². The van der Waals surface area contributed by atoms with E-state index in [4.69, 9.17) is 11.6 Å². The lowest BCUT2D eigenvalue weighted by Crippen LogP contribution is -2.21. The highest BCUT2D eigenvalue weighted by Gasteiger charge is 2.10. The number of anilines is 2. The van der Waals surface area contributed by atoms with Gasteiger partial charge in [0.15, 0.2) is 0 Å². The Balaban J connectivity index is 2.53. The van der Waals surface area contributed by atoms with Crippen molar-refractivity contribution in [2.45, 2.75) is 6.92 Å². The van der Waals surface area contributed by atoms with Crippen LogP contribution in [0.1, 0.15) is 5.56 Å². The molecule has 1 aliphatic heterocycles. The van der Waals surface area contributed by atoms with Crippen molar-refractivity contribution in [1.82, 2.24) is 0 Å². The topological polar surface area (TPSA) is 24.1 Å².